The summed E-state index contributed by atoms with van der Waals surface area (Å²) in [4.78, 5) is 28.0. The van der Waals surface area contributed by atoms with E-state index in [4.69, 9.17) is 4.74 Å². The van der Waals surface area contributed by atoms with Gasteiger partial charge in [-0.3, -0.25) is 10.1 Å². The van der Waals surface area contributed by atoms with Crippen LogP contribution >= 0.6 is 12.4 Å². The Morgan fingerprint density at radius 1 is 0.979 bits per heavy atom. The van der Waals surface area contributed by atoms with Crippen molar-refractivity contribution in [1.29, 1.82) is 0 Å². The zero-order valence-electron chi connectivity index (χ0n) is 26.6. The molecule has 0 radical (unpaired) electrons. The Morgan fingerprint density at radius 2 is 1.60 bits per heavy atom. The third-order valence-electron chi connectivity index (χ3n) is 9.39. The van der Waals surface area contributed by atoms with Crippen LogP contribution in [0.25, 0.3) is 0 Å². The van der Waals surface area contributed by atoms with Crippen molar-refractivity contribution >= 4 is 34.2 Å². The van der Waals surface area contributed by atoms with E-state index in [1.54, 1.807) is 58.7 Å². The minimum atomic E-state index is -3.61. The van der Waals surface area contributed by atoms with Crippen LogP contribution in [0.15, 0.2) is 102 Å². The predicted octanol–water partition coefficient (Wildman–Crippen LogP) is 6.49. The second-order valence-corrected chi connectivity index (χ2v) is 14.2. The van der Waals surface area contributed by atoms with Crippen LogP contribution in [0.2, 0.25) is 0 Å². The van der Waals surface area contributed by atoms with Crippen LogP contribution in [0.3, 0.4) is 0 Å². The van der Waals surface area contributed by atoms with Crippen molar-refractivity contribution in [3.8, 4) is 0 Å². The highest BCUT2D eigenvalue weighted by atomic mass is 35.5. The number of halogens is 1. The maximum absolute atomic E-state index is 13.5. The monoisotopic (exact) mass is 682 g/mol. The van der Waals surface area contributed by atoms with Crippen LogP contribution in [0.4, 0.5) is 10.5 Å². The first-order valence-electron chi connectivity index (χ1n) is 15.8. The van der Waals surface area contributed by atoms with E-state index in [2.05, 4.69) is 23.6 Å². The Morgan fingerprint density at radius 3 is 2.19 bits per heavy atom. The van der Waals surface area contributed by atoms with Gasteiger partial charge in [-0.25, -0.2) is 13.2 Å². The lowest BCUT2D eigenvalue weighted by Crippen LogP contribution is -2.48. The van der Waals surface area contributed by atoms with E-state index < -0.39 is 21.0 Å². The molecule has 5 rings (SSSR count). The van der Waals surface area contributed by atoms with Crippen molar-refractivity contribution in [2.24, 2.45) is 5.92 Å². The zero-order chi connectivity index (χ0) is 32.7. The first kappa shape index (κ1) is 36.1. The molecule has 12 heteroatoms. The number of nitro benzene ring substituents is 1. The minimum Gasteiger partial charge on any atom is -0.445 e. The summed E-state index contributed by atoms with van der Waals surface area (Å²) in [6.45, 7) is 6.71. The summed E-state index contributed by atoms with van der Waals surface area (Å²) in [5, 5.41) is 10.9. The number of amides is 1. The first-order chi connectivity index (χ1) is 22.2. The van der Waals surface area contributed by atoms with Crippen molar-refractivity contribution in [3.05, 3.63) is 119 Å². The van der Waals surface area contributed by atoms with Gasteiger partial charge in [0, 0.05) is 57.4 Å². The molecular formula is C35H43ClN4O6S. The fourth-order valence-corrected chi connectivity index (χ4v) is 8.25. The number of hydrogen-bond donors (Lipinski definition) is 0. The molecule has 3 aromatic rings. The highest BCUT2D eigenvalue weighted by Gasteiger charge is 2.41. The van der Waals surface area contributed by atoms with Gasteiger partial charge in [-0.1, -0.05) is 54.6 Å². The summed E-state index contributed by atoms with van der Waals surface area (Å²) in [5.74, 6) is 0.525. The van der Waals surface area contributed by atoms with Crippen LogP contribution < -0.4 is 0 Å². The number of piperidine rings is 1. The Bertz CT molecular complexity index is 1590. The summed E-state index contributed by atoms with van der Waals surface area (Å²) in [6, 6.07) is 24.9. The number of benzene rings is 3. The third kappa shape index (κ3) is 8.78. The van der Waals surface area contributed by atoms with Gasteiger partial charge in [-0.05, 0) is 72.9 Å². The second-order valence-electron chi connectivity index (χ2n) is 12.2. The van der Waals surface area contributed by atoms with Crippen LogP contribution in [0, 0.1) is 16.0 Å². The molecule has 0 aromatic heterocycles. The SMILES string of the molecule is C=CCN(C(=O)OCc1ccc([N+](=O)[O-])cc1)C1CCN(CC2CC(N(C)S(=O)(=O)c3ccccc3)CC2c2ccccc2)CC1.Cl. The number of nitrogens with zero attached hydrogens (tertiary/aromatic N) is 4. The molecule has 1 saturated carbocycles. The number of likely N-dealkylation sites (tertiary alicyclic amines) is 1. The molecule has 1 amide bonds. The smallest absolute Gasteiger partial charge is 0.410 e. The van der Waals surface area contributed by atoms with E-state index in [1.807, 2.05) is 24.3 Å². The highest BCUT2D eigenvalue weighted by Crippen LogP contribution is 2.43. The Hall–Kier alpha value is -3.77. The molecule has 3 aromatic carbocycles. The molecule has 1 aliphatic heterocycles. The largest absolute Gasteiger partial charge is 0.445 e. The van der Waals surface area contributed by atoms with E-state index >= 15 is 0 Å². The number of hydrogen-bond acceptors (Lipinski definition) is 7. The van der Waals surface area contributed by atoms with Gasteiger partial charge in [0.1, 0.15) is 6.61 Å². The molecule has 47 heavy (non-hydrogen) atoms. The maximum atomic E-state index is 13.5. The zero-order valence-corrected chi connectivity index (χ0v) is 28.2. The molecule has 2 fully saturated rings. The number of ether oxygens (including phenoxy) is 1. The van der Waals surface area contributed by atoms with Gasteiger partial charge in [0.2, 0.25) is 10.0 Å². The van der Waals surface area contributed by atoms with Crippen molar-refractivity contribution in [1.82, 2.24) is 14.1 Å². The van der Waals surface area contributed by atoms with Crippen molar-refractivity contribution in [2.45, 2.75) is 55.2 Å². The third-order valence-corrected chi connectivity index (χ3v) is 11.3. The van der Waals surface area contributed by atoms with E-state index in [-0.39, 0.29) is 48.6 Å². The van der Waals surface area contributed by atoms with Gasteiger partial charge in [0.25, 0.3) is 5.69 Å². The van der Waals surface area contributed by atoms with Crippen molar-refractivity contribution < 1.29 is 22.9 Å². The topological polar surface area (TPSA) is 113 Å². The molecule has 1 heterocycles. The molecule has 2 aliphatic rings. The Kier molecular flexibility index (Phi) is 12.6. The lowest BCUT2D eigenvalue weighted by Gasteiger charge is -2.39. The quantitative estimate of drug-likeness (QED) is 0.122. The normalized spacial score (nSPS) is 20.3. The molecule has 0 spiro atoms. The maximum Gasteiger partial charge on any atom is 0.410 e. The van der Waals surface area contributed by atoms with E-state index in [9.17, 15) is 23.3 Å². The van der Waals surface area contributed by atoms with Crippen LogP contribution in [0.5, 0.6) is 0 Å². The number of rotatable bonds is 12. The Labute approximate surface area is 283 Å². The summed E-state index contributed by atoms with van der Waals surface area (Å²) < 4.78 is 34.1. The lowest BCUT2D eigenvalue weighted by atomic mass is 9.88. The van der Waals surface area contributed by atoms with Crippen LogP contribution in [0.1, 0.15) is 42.7 Å². The van der Waals surface area contributed by atoms with Gasteiger partial charge in [-0.15, -0.1) is 19.0 Å². The van der Waals surface area contributed by atoms with Gasteiger partial charge in [-0.2, -0.15) is 4.31 Å². The molecule has 3 atom stereocenters. The summed E-state index contributed by atoms with van der Waals surface area (Å²) in [7, 11) is -1.90. The number of nitro groups is 1. The van der Waals surface area contributed by atoms with Gasteiger partial charge >= 0.3 is 6.09 Å². The molecule has 1 aliphatic carbocycles. The molecule has 3 unspecified atom stereocenters. The summed E-state index contributed by atoms with van der Waals surface area (Å²) in [5.41, 5.74) is 1.91. The van der Waals surface area contributed by atoms with Crippen molar-refractivity contribution in [3.63, 3.8) is 0 Å². The molecule has 252 valence electrons. The fraction of sp³-hybridized carbons (Fsp3) is 0.400. The van der Waals surface area contributed by atoms with E-state index in [1.165, 1.54) is 17.7 Å². The number of carbonyl (C=O) groups is 1. The van der Waals surface area contributed by atoms with Crippen LogP contribution in [-0.4, -0.2) is 78.8 Å². The first-order valence-corrected chi connectivity index (χ1v) is 17.2. The van der Waals surface area contributed by atoms with Crippen LogP contribution in [-0.2, 0) is 21.4 Å². The molecule has 1 saturated heterocycles. The second kappa shape index (κ2) is 16.4. The molecule has 10 nitrogen and oxygen atoms in total. The Balaban J connectivity index is 0.00000500. The fourth-order valence-electron chi connectivity index (χ4n) is 6.86. The summed E-state index contributed by atoms with van der Waals surface area (Å²) in [6.07, 6.45) is 4.38. The van der Waals surface area contributed by atoms with Gasteiger partial charge < -0.3 is 14.5 Å². The number of non-ortho nitro benzene ring substituents is 1. The van der Waals surface area contributed by atoms with E-state index in [0.29, 0.717) is 17.0 Å². The minimum absolute atomic E-state index is 0. The highest BCUT2D eigenvalue weighted by molar-refractivity contribution is 7.89. The van der Waals surface area contributed by atoms with Crippen molar-refractivity contribution in [2.75, 3.05) is 33.2 Å². The standard InChI is InChI=1S/C35H42N4O6S.ClH/c1-3-20-38(35(40)45-26-27-14-16-31(17-15-27)39(41)42)30-18-21-37(22-19-30)25-29-23-32(24-34(29)28-10-6-4-7-11-28)36(2)46(43,44)33-12-8-5-9-13-33;/h3-17,29-30,32,34H,1,18-26H2,2H3;1H. The predicted molar refractivity (Wildman–Crippen MR) is 184 cm³/mol. The molecular weight excluding hydrogens is 640 g/mol. The number of sulfonamides is 1. The average molecular weight is 683 g/mol. The van der Waals surface area contributed by atoms with E-state index in [0.717, 1.165) is 45.3 Å². The number of carbonyl (C=O) groups excluding carboxylic acids is 1. The van der Waals surface area contributed by atoms with Gasteiger partial charge in [0.15, 0.2) is 0 Å². The van der Waals surface area contributed by atoms with Gasteiger partial charge in [0.05, 0.1) is 9.82 Å². The lowest BCUT2D eigenvalue weighted by molar-refractivity contribution is -0.384. The average Bonchev–Trinajstić information content (AvgIpc) is 3.50. The molecule has 0 N–H and O–H groups in total. The summed E-state index contributed by atoms with van der Waals surface area (Å²) >= 11 is 0. The molecule has 0 bridgehead atoms.